The minimum Gasteiger partial charge on any atom is -0.368 e. The second-order valence-corrected chi connectivity index (χ2v) is 5.97. The molecule has 0 bridgehead atoms. The Morgan fingerprint density at radius 1 is 1.50 bits per heavy atom. The molecular formula is C10H16N4O3S. The van der Waals surface area contributed by atoms with Crippen molar-refractivity contribution < 1.29 is 13.2 Å². The van der Waals surface area contributed by atoms with E-state index in [9.17, 15) is 13.2 Å². The van der Waals surface area contributed by atoms with Crippen LogP contribution in [0.1, 0.15) is 18.5 Å². The van der Waals surface area contributed by atoms with Gasteiger partial charge in [-0.15, -0.1) is 0 Å². The third kappa shape index (κ3) is 3.97. The van der Waals surface area contributed by atoms with E-state index in [0.29, 0.717) is 5.56 Å². The number of carbonyl (C=O) groups is 1. The number of carbonyl (C=O) groups excluding carboxylic acids is 1. The highest BCUT2D eigenvalue weighted by Crippen LogP contribution is 2.18. The summed E-state index contributed by atoms with van der Waals surface area (Å²) in [4.78, 5) is 14.6. The molecule has 100 valence electrons. The quantitative estimate of drug-likeness (QED) is 0.656. The molecule has 0 radical (unpaired) electrons. The highest BCUT2D eigenvalue weighted by atomic mass is 32.2. The number of nitrogens with two attached hydrogens (primary N) is 2. The molecule has 7 nitrogen and oxygen atoms in total. The van der Waals surface area contributed by atoms with Crippen LogP contribution in [-0.2, 0) is 14.6 Å². The van der Waals surface area contributed by atoms with Gasteiger partial charge in [-0.1, -0.05) is 0 Å². The van der Waals surface area contributed by atoms with Crippen molar-refractivity contribution in [2.45, 2.75) is 18.0 Å². The Kier molecular flexibility index (Phi) is 4.25. The van der Waals surface area contributed by atoms with E-state index < -0.39 is 15.7 Å². The molecular weight excluding hydrogens is 256 g/mol. The summed E-state index contributed by atoms with van der Waals surface area (Å²) < 4.78 is 23.0. The van der Waals surface area contributed by atoms with E-state index in [0.717, 1.165) is 6.26 Å². The van der Waals surface area contributed by atoms with Crippen LogP contribution < -0.4 is 16.8 Å². The van der Waals surface area contributed by atoms with E-state index in [-0.39, 0.29) is 23.4 Å². The van der Waals surface area contributed by atoms with Crippen molar-refractivity contribution in [1.82, 2.24) is 4.98 Å². The van der Waals surface area contributed by atoms with Crippen molar-refractivity contribution in [3.05, 3.63) is 17.7 Å². The van der Waals surface area contributed by atoms with Crippen LogP contribution in [0.3, 0.4) is 0 Å². The number of nitrogens with one attached hydrogen (secondary N) is 1. The summed E-state index contributed by atoms with van der Waals surface area (Å²) >= 11 is 0. The lowest BCUT2D eigenvalue weighted by molar-refractivity contribution is -0.116. The number of rotatable bonds is 5. The zero-order valence-electron chi connectivity index (χ0n) is 10.2. The third-order valence-corrected chi connectivity index (χ3v) is 3.14. The van der Waals surface area contributed by atoms with Gasteiger partial charge in [0.25, 0.3) is 0 Å². The van der Waals surface area contributed by atoms with Crippen LogP contribution in [0.25, 0.3) is 0 Å². The lowest BCUT2D eigenvalue weighted by atomic mass is 10.1. The number of pyridine rings is 1. The average molecular weight is 272 g/mol. The molecule has 0 aliphatic heterocycles. The normalized spacial score (nSPS) is 13.1. The van der Waals surface area contributed by atoms with Crippen molar-refractivity contribution in [1.29, 1.82) is 0 Å². The van der Waals surface area contributed by atoms with Gasteiger partial charge in [0.15, 0.2) is 14.9 Å². The average Bonchev–Trinajstić information content (AvgIpc) is 2.24. The smallest absolute Gasteiger partial charge is 0.236 e. The Bertz CT molecular complexity index is 554. The number of aromatic nitrogens is 1. The summed E-state index contributed by atoms with van der Waals surface area (Å²) in [5, 5.41) is 2.55. The first-order chi connectivity index (χ1) is 8.20. The molecule has 1 atom stereocenters. The van der Waals surface area contributed by atoms with Gasteiger partial charge in [-0.25, -0.2) is 13.4 Å². The molecule has 0 aliphatic carbocycles. The van der Waals surface area contributed by atoms with Crippen molar-refractivity contribution in [2.24, 2.45) is 11.5 Å². The molecule has 1 rings (SSSR count). The highest BCUT2D eigenvalue weighted by molar-refractivity contribution is 7.90. The molecule has 1 aromatic heterocycles. The van der Waals surface area contributed by atoms with Gasteiger partial charge < -0.3 is 16.8 Å². The molecule has 18 heavy (non-hydrogen) atoms. The molecule has 0 unspecified atom stereocenters. The topological polar surface area (TPSA) is 128 Å². The van der Waals surface area contributed by atoms with E-state index in [1.807, 2.05) is 0 Å². The number of nitrogens with zero attached hydrogens (tertiary/aromatic N) is 1. The summed E-state index contributed by atoms with van der Waals surface area (Å²) in [7, 11) is -3.44. The fourth-order valence-electron chi connectivity index (χ4n) is 1.25. The summed E-state index contributed by atoms with van der Waals surface area (Å²) in [5.41, 5.74) is 11.3. The van der Waals surface area contributed by atoms with Crippen molar-refractivity contribution >= 4 is 21.6 Å². The lowest BCUT2D eigenvalue weighted by Crippen LogP contribution is -2.22. The molecule has 1 amide bonds. The maximum Gasteiger partial charge on any atom is 0.236 e. The number of amides is 1. The highest BCUT2D eigenvalue weighted by Gasteiger charge is 2.14. The lowest BCUT2D eigenvalue weighted by Gasteiger charge is -2.11. The standard InChI is InChI=1S/C10H16N4O3S/c1-6(11)7-3-9(13-5-8(12)15)14-10(4-7)18(2,16)17/h3-4,6H,5,11H2,1-2H3,(H2,12,15)(H,13,14)/t6-/m0/s1. The first kappa shape index (κ1) is 14.4. The predicted octanol–water partition coefficient (Wildman–Crippen LogP) is -0.598. The Labute approximate surface area is 105 Å². The van der Waals surface area contributed by atoms with Crippen molar-refractivity contribution in [3.8, 4) is 0 Å². The van der Waals surface area contributed by atoms with Gasteiger partial charge in [-0.3, -0.25) is 4.79 Å². The van der Waals surface area contributed by atoms with Gasteiger partial charge in [0.2, 0.25) is 5.91 Å². The van der Waals surface area contributed by atoms with Crippen LogP contribution in [0.2, 0.25) is 0 Å². The Balaban J connectivity index is 3.18. The van der Waals surface area contributed by atoms with E-state index in [4.69, 9.17) is 11.5 Å². The second kappa shape index (κ2) is 5.32. The van der Waals surface area contributed by atoms with Gasteiger partial charge in [0.1, 0.15) is 5.82 Å². The molecule has 5 N–H and O–H groups in total. The second-order valence-electron chi connectivity index (χ2n) is 4.00. The van der Waals surface area contributed by atoms with Crippen molar-refractivity contribution in [2.75, 3.05) is 18.1 Å². The van der Waals surface area contributed by atoms with E-state index >= 15 is 0 Å². The zero-order valence-corrected chi connectivity index (χ0v) is 11.0. The van der Waals surface area contributed by atoms with Crippen LogP contribution in [-0.4, -0.2) is 32.1 Å². The molecule has 1 aromatic rings. The van der Waals surface area contributed by atoms with Crippen LogP contribution in [0.4, 0.5) is 5.82 Å². The fraction of sp³-hybridized carbons (Fsp3) is 0.400. The van der Waals surface area contributed by atoms with E-state index in [2.05, 4.69) is 10.3 Å². The molecule has 0 spiro atoms. The predicted molar refractivity (Wildman–Crippen MR) is 67.6 cm³/mol. The number of hydrogen-bond donors (Lipinski definition) is 3. The Hall–Kier alpha value is -1.67. The number of sulfone groups is 1. The fourth-order valence-corrected chi connectivity index (χ4v) is 1.86. The monoisotopic (exact) mass is 272 g/mol. The zero-order chi connectivity index (χ0) is 13.9. The van der Waals surface area contributed by atoms with Crippen LogP contribution in [0.5, 0.6) is 0 Å². The molecule has 0 saturated heterocycles. The minimum atomic E-state index is -3.44. The van der Waals surface area contributed by atoms with Gasteiger partial charge in [0, 0.05) is 12.3 Å². The van der Waals surface area contributed by atoms with Gasteiger partial charge in [-0.05, 0) is 24.6 Å². The van der Waals surface area contributed by atoms with Crippen molar-refractivity contribution in [3.63, 3.8) is 0 Å². The third-order valence-electron chi connectivity index (χ3n) is 2.17. The van der Waals surface area contributed by atoms with Gasteiger partial charge >= 0.3 is 0 Å². The maximum absolute atomic E-state index is 11.5. The molecule has 0 saturated carbocycles. The minimum absolute atomic E-state index is 0.0933. The Morgan fingerprint density at radius 2 is 2.11 bits per heavy atom. The molecule has 0 fully saturated rings. The van der Waals surface area contributed by atoms with Crippen LogP contribution in [0, 0.1) is 0 Å². The van der Waals surface area contributed by atoms with Crippen LogP contribution >= 0.6 is 0 Å². The summed E-state index contributed by atoms with van der Waals surface area (Å²) in [5.74, 6) is -0.312. The molecule has 0 aromatic carbocycles. The first-order valence-electron chi connectivity index (χ1n) is 5.20. The first-order valence-corrected chi connectivity index (χ1v) is 7.09. The summed E-state index contributed by atoms with van der Waals surface area (Å²) in [6, 6.07) is 2.65. The number of primary amides is 1. The Morgan fingerprint density at radius 3 is 2.56 bits per heavy atom. The largest absolute Gasteiger partial charge is 0.368 e. The molecule has 8 heteroatoms. The molecule has 0 aliphatic rings. The van der Waals surface area contributed by atoms with Crippen LogP contribution in [0.15, 0.2) is 17.2 Å². The van der Waals surface area contributed by atoms with E-state index in [1.165, 1.54) is 6.07 Å². The maximum atomic E-state index is 11.5. The van der Waals surface area contributed by atoms with Gasteiger partial charge in [0.05, 0.1) is 6.54 Å². The van der Waals surface area contributed by atoms with Gasteiger partial charge in [-0.2, -0.15) is 0 Å². The molecule has 1 heterocycles. The number of hydrogen-bond acceptors (Lipinski definition) is 6. The van der Waals surface area contributed by atoms with E-state index in [1.54, 1.807) is 13.0 Å². The summed E-state index contributed by atoms with van der Waals surface area (Å²) in [6.07, 6.45) is 1.05. The number of anilines is 1. The summed E-state index contributed by atoms with van der Waals surface area (Å²) in [6.45, 7) is 1.60. The SMILES string of the molecule is C[C@H](N)c1cc(NCC(N)=O)nc(S(C)(=O)=O)c1.